The highest BCUT2D eigenvalue weighted by Gasteiger charge is 2.29. The van der Waals surface area contributed by atoms with E-state index in [-0.39, 0.29) is 24.1 Å². The lowest BCUT2D eigenvalue weighted by Gasteiger charge is -2.33. The average molecular weight is 499 g/mol. The minimum absolute atomic E-state index is 0.0850. The van der Waals surface area contributed by atoms with Gasteiger partial charge in [0.15, 0.2) is 5.78 Å². The molecule has 1 aromatic carbocycles. The molecule has 0 spiro atoms. The molecule has 10 heteroatoms. The Hall–Kier alpha value is -2.66. The van der Waals surface area contributed by atoms with Gasteiger partial charge in [0, 0.05) is 78.3 Å². The molecule has 4 rings (SSSR count). The molecule has 0 saturated carbocycles. The number of benzene rings is 1. The fraction of sp³-hybridized carbons (Fsp3) is 0.520. The highest BCUT2D eigenvalue weighted by molar-refractivity contribution is 7.22. The lowest BCUT2D eigenvalue weighted by atomic mass is 9.82. The van der Waals surface area contributed by atoms with Gasteiger partial charge in [0.2, 0.25) is 5.13 Å². The Balaban J connectivity index is 1.38. The second kappa shape index (κ2) is 11.9. The number of hydrogen-bond donors (Lipinski definition) is 2. The number of carbonyl (C=O) groups is 1. The number of piperazine rings is 1. The van der Waals surface area contributed by atoms with Gasteiger partial charge in [-0.1, -0.05) is 23.5 Å². The van der Waals surface area contributed by atoms with Crippen LogP contribution in [0, 0.1) is 0 Å². The molecule has 1 saturated heterocycles. The fourth-order valence-corrected chi connectivity index (χ4v) is 5.36. The van der Waals surface area contributed by atoms with Gasteiger partial charge >= 0.3 is 0 Å². The van der Waals surface area contributed by atoms with Gasteiger partial charge in [0.25, 0.3) is 0 Å². The predicted octanol–water partition coefficient (Wildman–Crippen LogP) is 2.46. The molecule has 1 atom stereocenters. The van der Waals surface area contributed by atoms with Crippen molar-refractivity contribution in [1.29, 1.82) is 0 Å². The standard InChI is InChI=1S/C25H34N6O3S/c1-29(2)17-27-25-28-24-19(4-3-5-23(24)35-25)18-14-21(33)20(22(34)15-18)16-26-6-7-30-8-10-31(11-9-30)12-13-32/h3-5,16-18,32-33H,6-15H2,1-2H3/b26-16?,27-17-. The first-order valence-corrected chi connectivity index (χ1v) is 12.9. The van der Waals surface area contributed by atoms with Gasteiger partial charge in [-0.3, -0.25) is 19.6 Å². The van der Waals surface area contributed by atoms with Gasteiger partial charge in [0.05, 0.1) is 35.3 Å². The topological polar surface area (TPSA) is 105 Å². The largest absolute Gasteiger partial charge is 0.511 e. The van der Waals surface area contributed by atoms with E-state index in [4.69, 9.17) is 5.11 Å². The summed E-state index contributed by atoms with van der Waals surface area (Å²) >= 11 is 1.51. The second-order valence-electron chi connectivity index (χ2n) is 9.23. The van der Waals surface area contributed by atoms with Crippen molar-refractivity contribution in [2.24, 2.45) is 9.98 Å². The number of ketones is 1. The smallest absolute Gasteiger partial charge is 0.211 e. The monoisotopic (exact) mass is 498 g/mol. The molecule has 1 unspecified atom stereocenters. The van der Waals surface area contributed by atoms with Gasteiger partial charge in [-0.25, -0.2) is 9.98 Å². The third-order valence-electron chi connectivity index (χ3n) is 6.41. The Kier molecular flexibility index (Phi) is 8.61. The molecular weight excluding hydrogens is 464 g/mol. The first kappa shape index (κ1) is 25.4. The molecule has 188 valence electrons. The Morgan fingerprint density at radius 1 is 1.17 bits per heavy atom. The summed E-state index contributed by atoms with van der Waals surface area (Å²) in [6.45, 7) is 6.13. The number of carbonyl (C=O) groups excluding carboxylic acids is 1. The molecule has 2 aromatic rings. The van der Waals surface area contributed by atoms with Crippen LogP contribution >= 0.6 is 11.3 Å². The van der Waals surface area contributed by atoms with Gasteiger partial charge in [-0.2, -0.15) is 0 Å². The van der Waals surface area contributed by atoms with Crippen molar-refractivity contribution in [2.45, 2.75) is 18.8 Å². The van der Waals surface area contributed by atoms with Crippen LogP contribution in [-0.4, -0.2) is 115 Å². The molecule has 1 aliphatic heterocycles. The Labute approximate surface area is 210 Å². The van der Waals surface area contributed by atoms with E-state index in [2.05, 4.69) is 24.8 Å². The molecule has 2 heterocycles. The summed E-state index contributed by atoms with van der Waals surface area (Å²) in [7, 11) is 3.82. The number of rotatable bonds is 9. The zero-order valence-electron chi connectivity index (χ0n) is 20.4. The van der Waals surface area contributed by atoms with Crippen molar-refractivity contribution < 1.29 is 15.0 Å². The number of fused-ring (bicyclic) bond motifs is 1. The van der Waals surface area contributed by atoms with E-state index < -0.39 is 0 Å². The van der Waals surface area contributed by atoms with Crippen molar-refractivity contribution in [1.82, 2.24) is 19.7 Å². The van der Waals surface area contributed by atoms with Crippen LogP contribution in [0.5, 0.6) is 0 Å². The molecule has 0 radical (unpaired) electrons. The lowest BCUT2D eigenvalue weighted by Crippen LogP contribution is -2.47. The zero-order chi connectivity index (χ0) is 24.8. The SMILES string of the molecule is CN(C)/C=N\c1nc2c(C3CC(=O)C(C=NCCN4CCN(CCO)CC4)=C(O)C3)cccc2s1. The predicted molar refractivity (Wildman–Crippen MR) is 141 cm³/mol. The molecule has 2 N–H and O–H groups in total. The van der Waals surface area contributed by atoms with E-state index in [1.807, 2.05) is 37.2 Å². The van der Waals surface area contributed by atoms with E-state index in [1.54, 1.807) is 12.6 Å². The van der Waals surface area contributed by atoms with Crippen molar-refractivity contribution in [2.75, 3.05) is 66.5 Å². The summed E-state index contributed by atoms with van der Waals surface area (Å²) < 4.78 is 1.02. The number of aromatic nitrogens is 1. The lowest BCUT2D eigenvalue weighted by molar-refractivity contribution is -0.116. The van der Waals surface area contributed by atoms with E-state index in [1.165, 1.54) is 11.3 Å². The maximum atomic E-state index is 12.9. The molecule has 35 heavy (non-hydrogen) atoms. The molecule has 1 fully saturated rings. The van der Waals surface area contributed by atoms with Crippen molar-refractivity contribution >= 4 is 45.0 Å². The van der Waals surface area contributed by atoms with Crippen LogP contribution in [0.3, 0.4) is 0 Å². The molecule has 1 aromatic heterocycles. The minimum Gasteiger partial charge on any atom is -0.511 e. The number of Topliss-reactive ketones (excluding diaryl/α,β-unsaturated/α-hetero) is 1. The molecule has 0 amide bonds. The van der Waals surface area contributed by atoms with Crippen molar-refractivity contribution in [3.05, 3.63) is 35.1 Å². The summed E-state index contributed by atoms with van der Waals surface area (Å²) in [5.41, 5.74) is 2.15. The molecule has 1 aliphatic carbocycles. The maximum absolute atomic E-state index is 12.9. The third-order valence-corrected chi connectivity index (χ3v) is 7.34. The van der Waals surface area contributed by atoms with Crippen LogP contribution in [0.25, 0.3) is 10.2 Å². The fourth-order valence-electron chi connectivity index (χ4n) is 4.52. The number of β-amino-alcohol motifs (C(OH)–C–C–N with tert-alkyl or cyclic N) is 1. The third kappa shape index (κ3) is 6.52. The quantitative estimate of drug-likeness (QED) is 0.404. The number of para-hydroxylation sites is 1. The minimum atomic E-state index is -0.119. The number of hydrogen-bond acceptors (Lipinski definition) is 9. The summed E-state index contributed by atoms with van der Waals surface area (Å²) in [5, 5.41) is 20.4. The van der Waals surface area contributed by atoms with Crippen molar-refractivity contribution in [3.8, 4) is 0 Å². The number of allylic oxidation sites excluding steroid dienone is 2. The summed E-state index contributed by atoms with van der Waals surface area (Å²) in [6.07, 6.45) is 3.99. The van der Waals surface area contributed by atoms with E-state index in [0.717, 1.165) is 55.0 Å². The Morgan fingerprint density at radius 2 is 1.91 bits per heavy atom. The number of aliphatic imine (C=N–C) groups is 2. The highest BCUT2D eigenvalue weighted by atomic mass is 32.1. The van der Waals surface area contributed by atoms with E-state index >= 15 is 0 Å². The summed E-state index contributed by atoms with van der Waals surface area (Å²) in [4.78, 5) is 32.9. The highest BCUT2D eigenvalue weighted by Crippen LogP contribution is 2.39. The van der Waals surface area contributed by atoms with Gasteiger partial charge in [-0.05, 0) is 11.6 Å². The van der Waals surface area contributed by atoms with Gasteiger partial charge in [-0.15, -0.1) is 0 Å². The number of nitrogens with zero attached hydrogens (tertiary/aromatic N) is 6. The van der Waals surface area contributed by atoms with Crippen LogP contribution < -0.4 is 0 Å². The zero-order valence-corrected chi connectivity index (χ0v) is 21.2. The Morgan fingerprint density at radius 3 is 2.60 bits per heavy atom. The van der Waals surface area contributed by atoms with Crippen molar-refractivity contribution in [3.63, 3.8) is 0 Å². The molecule has 9 nitrogen and oxygen atoms in total. The van der Waals surface area contributed by atoms with E-state index in [0.29, 0.717) is 30.1 Å². The maximum Gasteiger partial charge on any atom is 0.211 e. The normalized spacial score (nSPS) is 20.7. The van der Waals surface area contributed by atoms with Gasteiger partial charge in [0.1, 0.15) is 5.76 Å². The number of thiazole rings is 1. The van der Waals surface area contributed by atoms with Crippen LogP contribution in [0.4, 0.5) is 5.13 Å². The molecular formula is C25H34N6O3S. The van der Waals surface area contributed by atoms with Crippen LogP contribution in [0.1, 0.15) is 24.3 Å². The number of aliphatic hydroxyl groups is 2. The van der Waals surface area contributed by atoms with Crippen LogP contribution in [0.2, 0.25) is 0 Å². The number of aliphatic hydroxyl groups excluding tert-OH is 2. The second-order valence-corrected chi connectivity index (χ2v) is 10.2. The van der Waals surface area contributed by atoms with Gasteiger partial charge < -0.3 is 15.1 Å². The van der Waals surface area contributed by atoms with E-state index in [9.17, 15) is 9.90 Å². The van der Waals surface area contributed by atoms with Crippen LogP contribution in [-0.2, 0) is 4.79 Å². The average Bonchev–Trinajstić information content (AvgIpc) is 3.26. The summed E-state index contributed by atoms with van der Waals surface area (Å²) in [6, 6.07) is 5.98. The summed E-state index contributed by atoms with van der Waals surface area (Å²) in [5.74, 6) is -0.102. The molecule has 0 bridgehead atoms. The van der Waals surface area contributed by atoms with Crippen LogP contribution in [0.15, 0.2) is 39.5 Å². The Bertz CT molecular complexity index is 1120. The first-order valence-electron chi connectivity index (χ1n) is 12.1. The first-order chi connectivity index (χ1) is 16.9. The molecule has 2 aliphatic rings.